The molecule has 8 nitrogen and oxygen atoms in total. The number of amides is 2. The van der Waals surface area contributed by atoms with E-state index in [0.717, 1.165) is 29.0 Å². The van der Waals surface area contributed by atoms with E-state index in [2.05, 4.69) is 5.32 Å². The molecule has 41 heavy (non-hydrogen) atoms. The highest BCUT2D eigenvalue weighted by Gasteiger charge is 2.33. The topological polar surface area (TPSA) is 96.0 Å². The van der Waals surface area contributed by atoms with Crippen LogP contribution in [0.3, 0.4) is 0 Å². The molecule has 3 rings (SSSR count). The molecule has 0 spiro atoms. The first-order valence-corrected chi connectivity index (χ1v) is 15.8. The van der Waals surface area contributed by atoms with Crippen molar-refractivity contribution in [3.63, 3.8) is 0 Å². The summed E-state index contributed by atoms with van der Waals surface area (Å²) < 4.78 is 32.1. The predicted molar refractivity (Wildman–Crippen MR) is 164 cm³/mol. The predicted octanol–water partition coefficient (Wildman–Crippen LogP) is 5.32. The number of hydrogen-bond donors (Lipinski definition) is 1. The van der Waals surface area contributed by atoms with Gasteiger partial charge in [0.2, 0.25) is 21.8 Å². The molecule has 0 radical (unpaired) electrons. The second-order valence-electron chi connectivity index (χ2n) is 9.54. The number of benzene rings is 3. The normalized spacial score (nSPS) is 11.9. The van der Waals surface area contributed by atoms with E-state index in [1.807, 2.05) is 37.3 Å². The average molecular weight is 621 g/mol. The van der Waals surface area contributed by atoms with Gasteiger partial charge in [-0.1, -0.05) is 79.0 Å². The van der Waals surface area contributed by atoms with Crippen molar-refractivity contribution < 1.29 is 22.7 Å². The zero-order valence-electron chi connectivity index (χ0n) is 23.3. The molecule has 1 N–H and O–H groups in total. The minimum atomic E-state index is -3.91. The van der Waals surface area contributed by atoms with Crippen LogP contribution in [0.4, 0.5) is 5.69 Å². The lowest BCUT2D eigenvalue weighted by molar-refractivity contribution is -0.140. The highest BCUT2D eigenvalue weighted by atomic mass is 35.5. The summed E-state index contributed by atoms with van der Waals surface area (Å²) in [6, 6.07) is 19.7. The van der Waals surface area contributed by atoms with E-state index in [4.69, 9.17) is 27.9 Å². The molecule has 0 saturated heterocycles. The van der Waals surface area contributed by atoms with Crippen LogP contribution < -0.4 is 14.4 Å². The number of carbonyl (C=O) groups excluding carboxylic acids is 2. The van der Waals surface area contributed by atoms with Gasteiger partial charge >= 0.3 is 0 Å². The van der Waals surface area contributed by atoms with Crippen LogP contribution in [0, 0.1) is 0 Å². The number of carbonyl (C=O) groups is 2. The minimum Gasteiger partial charge on any atom is -0.497 e. The van der Waals surface area contributed by atoms with Crippen LogP contribution >= 0.6 is 23.2 Å². The highest BCUT2D eigenvalue weighted by Crippen LogP contribution is 2.28. The Kier molecular flexibility index (Phi) is 11.9. The minimum absolute atomic E-state index is 0.105. The fourth-order valence-electron chi connectivity index (χ4n) is 4.29. The smallest absolute Gasteiger partial charge is 0.244 e. The van der Waals surface area contributed by atoms with E-state index in [1.165, 1.54) is 18.1 Å². The fourth-order valence-corrected chi connectivity index (χ4v) is 5.65. The number of nitrogens with zero attached hydrogens (tertiary/aromatic N) is 2. The number of sulfonamides is 1. The summed E-state index contributed by atoms with van der Waals surface area (Å²) in [6.45, 7) is 1.79. The molecule has 220 valence electrons. The lowest BCUT2D eigenvalue weighted by atomic mass is 10.0. The third kappa shape index (κ3) is 9.11. The first kappa shape index (κ1) is 32.2. The average Bonchev–Trinajstić information content (AvgIpc) is 2.94. The van der Waals surface area contributed by atoms with E-state index < -0.39 is 28.5 Å². The van der Waals surface area contributed by atoms with Crippen molar-refractivity contribution in [3.05, 3.63) is 94.0 Å². The number of halogens is 2. The van der Waals surface area contributed by atoms with Crippen LogP contribution in [0.5, 0.6) is 5.75 Å². The van der Waals surface area contributed by atoms with Crippen molar-refractivity contribution in [1.29, 1.82) is 0 Å². The number of rotatable bonds is 14. The Hall–Kier alpha value is -3.27. The van der Waals surface area contributed by atoms with Gasteiger partial charge in [0, 0.05) is 41.2 Å². The van der Waals surface area contributed by atoms with Gasteiger partial charge in [-0.25, -0.2) is 8.42 Å². The molecule has 0 aliphatic rings. The van der Waals surface area contributed by atoms with Gasteiger partial charge in [-0.15, -0.1) is 0 Å². The molecule has 0 aliphatic carbocycles. The number of hydrogen-bond acceptors (Lipinski definition) is 5. The van der Waals surface area contributed by atoms with Crippen LogP contribution in [-0.4, -0.2) is 57.6 Å². The Labute approximate surface area is 252 Å². The first-order chi connectivity index (χ1) is 19.5. The molecule has 11 heteroatoms. The van der Waals surface area contributed by atoms with E-state index in [9.17, 15) is 18.0 Å². The van der Waals surface area contributed by atoms with Gasteiger partial charge in [0.25, 0.3) is 0 Å². The number of ether oxygens (including phenoxy) is 1. The number of nitrogens with one attached hydrogen (secondary N) is 1. The Morgan fingerprint density at radius 3 is 2.24 bits per heavy atom. The van der Waals surface area contributed by atoms with E-state index in [1.54, 1.807) is 36.4 Å². The van der Waals surface area contributed by atoms with Crippen molar-refractivity contribution in [3.8, 4) is 5.75 Å². The second kappa shape index (κ2) is 15.1. The molecular formula is C30H35Cl2N3O5S. The third-order valence-corrected chi connectivity index (χ3v) is 8.36. The van der Waals surface area contributed by atoms with Gasteiger partial charge in [0.05, 0.1) is 19.1 Å². The number of unbranched alkanes of at least 4 members (excludes halogenated alkanes) is 1. The quantitative estimate of drug-likeness (QED) is 0.246. The molecule has 0 heterocycles. The van der Waals surface area contributed by atoms with Crippen molar-refractivity contribution >= 4 is 50.7 Å². The molecule has 0 bridgehead atoms. The fraction of sp³-hybridized carbons (Fsp3) is 0.333. The monoisotopic (exact) mass is 619 g/mol. The lowest BCUT2D eigenvalue weighted by Crippen LogP contribution is -2.53. The van der Waals surface area contributed by atoms with Crippen LogP contribution in [-0.2, 0) is 32.6 Å². The van der Waals surface area contributed by atoms with Crippen molar-refractivity contribution in [2.45, 2.75) is 38.8 Å². The summed E-state index contributed by atoms with van der Waals surface area (Å²) in [5, 5.41) is 3.59. The zero-order valence-corrected chi connectivity index (χ0v) is 25.7. The van der Waals surface area contributed by atoms with Crippen LogP contribution in [0.1, 0.15) is 30.9 Å². The maximum atomic E-state index is 14.1. The largest absolute Gasteiger partial charge is 0.497 e. The molecule has 0 saturated carbocycles. The highest BCUT2D eigenvalue weighted by molar-refractivity contribution is 7.92. The molecule has 0 unspecified atom stereocenters. The zero-order chi connectivity index (χ0) is 30.0. The van der Waals surface area contributed by atoms with E-state index >= 15 is 0 Å². The van der Waals surface area contributed by atoms with Gasteiger partial charge in [0.1, 0.15) is 18.3 Å². The Balaban J connectivity index is 2.08. The standard InChI is InChI=1S/C30H35Cl2N3O5S/c1-4-5-17-33-30(37)28(18-22-11-7-6-8-12-22)34(20-25-26(31)15-10-16-27(25)32)29(36)21-35(41(3,38)39)23-13-9-14-24(19-23)40-2/h6-16,19,28H,4-5,17-18,20-21H2,1-3H3,(H,33,37)/t28-/m1/s1. The van der Waals surface area contributed by atoms with Crippen molar-refractivity contribution in [2.75, 3.05) is 30.8 Å². The number of methoxy groups -OCH3 is 1. The van der Waals surface area contributed by atoms with Gasteiger partial charge in [0.15, 0.2) is 0 Å². The van der Waals surface area contributed by atoms with Crippen LogP contribution in [0.15, 0.2) is 72.8 Å². The molecular weight excluding hydrogens is 585 g/mol. The van der Waals surface area contributed by atoms with Crippen molar-refractivity contribution in [2.24, 2.45) is 0 Å². The van der Waals surface area contributed by atoms with Crippen LogP contribution in [0.2, 0.25) is 10.0 Å². The first-order valence-electron chi connectivity index (χ1n) is 13.2. The Morgan fingerprint density at radius 1 is 0.976 bits per heavy atom. The molecule has 0 aliphatic heterocycles. The molecule has 0 aromatic heterocycles. The summed E-state index contributed by atoms with van der Waals surface area (Å²) in [5.74, 6) is -0.521. The number of anilines is 1. The summed E-state index contributed by atoms with van der Waals surface area (Å²) in [7, 11) is -2.44. The summed E-state index contributed by atoms with van der Waals surface area (Å²) >= 11 is 13.0. The molecule has 3 aromatic carbocycles. The van der Waals surface area contributed by atoms with Gasteiger partial charge < -0.3 is 15.0 Å². The SMILES string of the molecule is CCCCNC(=O)[C@@H](Cc1ccccc1)N(Cc1c(Cl)cccc1Cl)C(=O)CN(c1cccc(OC)c1)S(C)(=O)=O. The van der Waals surface area contributed by atoms with Gasteiger partial charge in [-0.2, -0.15) is 0 Å². The summed E-state index contributed by atoms with van der Waals surface area (Å²) in [5.41, 5.74) is 1.54. The van der Waals surface area contributed by atoms with Gasteiger partial charge in [-0.05, 0) is 36.2 Å². The maximum absolute atomic E-state index is 14.1. The third-order valence-electron chi connectivity index (χ3n) is 6.51. The summed E-state index contributed by atoms with van der Waals surface area (Å²) in [4.78, 5) is 29.1. The lowest BCUT2D eigenvalue weighted by Gasteiger charge is -2.34. The second-order valence-corrected chi connectivity index (χ2v) is 12.3. The van der Waals surface area contributed by atoms with Crippen LogP contribution in [0.25, 0.3) is 0 Å². The Morgan fingerprint density at radius 2 is 1.63 bits per heavy atom. The molecule has 1 atom stereocenters. The molecule has 2 amide bonds. The Bertz CT molecular complexity index is 1420. The van der Waals surface area contributed by atoms with E-state index in [0.29, 0.717) is 27.9 Å². The molecule has 0 fully saturated rings. The molecule has 3 aromatic rings. The van der Waals surface area contributed by atoms with Crippen molar-refractivity contribution in [1.82, 2.24) is 10.2 Å². The van der Waals surface area contributed by atoms with E-state index in [-0.39, 0.29) is 24.6 Å². The maximum Gasteiger partial charge on any atom is 0.244 e. The summed E-state index contributed by atoms with van der Waals surface area (Å²) in [6.07, 6.45) is 2.87. The van der Waals surface area contributed by atoms with Gasteiger partial charge in [-0.3, -0.25) is 13.9 Å².